The van der Waals surface area contributed by atoms with E-state index in [1.807, 2.05) is 18.2 Å². The number of benzene rings is 1. The fourth-order valence-corrected chi connectivity index (χ4v) is 2.88. The number of halogens is 1. The molecule has 0 unspecified atom stereocenters. The molecule has 0 saturated heterocycles. The van der Waals surface area contributed by atoms with Crippen molar-refractivity contribution in [1.29, 1.82) is 0 Å². The van der Waals surface area contributed by atoms with Gasteiger partial charge in [0.05, 0.1) is 16.1 Å². The Morgan fingerprint density at radius 3 is 2.90 bits per heavy atom. The molecule has 1 aliphatic carbocycles. The monoisotopic (exact) mass is 292 g/mol. The Bertz CT molecular complexity index is 647. The second-order valence-electron chi connectivity index (χ2n) is 5.34. The van der Waals surface area contributed by atoms with Crippen molar-refractivity contribution in [3.63, 3.8) is 0 Å². The zero-order chi connectivity index (χ0) is 14.1. The maximum absolute atomic E-state index is 10.5. The van der Waals surface area contributed by atoms with E-state index in [0.717, 1.165) is 34.7 Å². The molecule has 1 fully saturated rings. The maximum Gasteiger partial charge on any atom is 0.303 e. The van der Waals surface area contributed by atoms with E-state index in [4.69, 9.17) is 16.7 Å². The molecule has 0 atom stereocenters. The molecule has 1 N–H and O–H groups in total. The summed E-state index contributed by atoms with van der Waals surface area (Å²) in [6, 6.07) is 6.33. The number of carboxylic acids is 1. The van der Waals surface area contributed by atoms with Gasteiger partial charge < -0.3 is 9.67 Å². The van der Waals surface area contributed by atoms with E-state index < -0.39 is 5.97 Å². The first-order chi connectivity index (χ1) is 9.66. The molecule has 3 rings (SSSR count). The number of fused-ring (bicyclic) bond motifs is 1. The number of hydrogen-bond donors (Lipinski definition) is 1. The number of unbranched alkanes of at least 4 members (excludes halogenated alkanes) is 1. The van der Waals surface area contributed by atoms with Crippen LogP contribution in [0.2, 0.25) is 5.02 Å². The molecular formula is C15H17ClN2O2. The van der Waals surface area contributed by atoms with Gasteiger partial charge in [-0.05, 0) is 37.8 Å². The Morgan fingerprint density at radius 1 is 1.40 bits per heavy atom. The molecule has 1 aromatic heterocycles. The molecule has 1 aromatic carbocycles. The van der Waals surface area contributed by atoms with E-state index in [2.05, 4.69) is 9.55 Å². The molecule has 1 saturated carbocycles. The van der Waals surface area contributed by atoms with Crippen molar-refractivity contribution < 1.29 is 9.90 Å². The summed E-state index contributed by atoms with van der Waals surface area (Å²) in [6.45, 7) is 0. The first kappa shape index (κ1) is 13.4. The summed E-state index contributed by atoms with van der Waals surface area (Å²) in [6.07, 6.45) is 4.94. The number of imidazole rings is 1. The van der Waals surface area contributed by atoms with Crippen LogP contribution in [0.3, 0.4) is 0 Å². The molecule has 0 bridgehead atoms. The van der Waals surface area contributed by atoms with Crippen molar-refractivity contribution in [1.82, 2.24) is 9.55 Å². The first-order valence-corrected chi connectivity index (χ1v) is 7.41. The standard InChI is InChI=1S/C15H17ClN2O2/c16-11-4-3-5-12-15(11)18(10-8-9-10)13(17-12)6-1-2-7-14(19)20/h3-5,10H,1-2,6-9H2,(H,19,20). The van der Waals surface area contributed by atoms with Crippen LogP contribution in [0, 0.1) is 0 Å². The molecular weight excluding hydrogens is 276 g/mol. The van der Waals surface area contributed by atoms with Gasteiger partial charge in [0, 0.05) is 18.9 Å². The highest BCUT2D eigenvalue weighted by Gasteiger charge is 2.28. The molecule has 0 radical (unpaired) electrons. The van der Waals surface area contributed by atoms with Gasteiger partial charge in [0.1, 0.15) is 5.82 Å². The van der Waals surface area contributed by atoms with Gasteiger partial charge in [-0.3, -0.25) is 4.79 Å². The lowest BCUT2D eigenvalue weighted by Crippen LogP contribution is -2.03. The van der Waals surface area contributed by atoms with E-state index >= 15 is 0 Å². The SMILES string of the molecule is O=C(O)CCCCc1nc2cccc(Cl)c2n1C1CC1. The summed E-state index contributed by atoms with van der Waals surface area (Å²) in [4.78, 5) is 15.2. The molecule has 0 aliphatic heterocycles. The van der Waals surface area contributed by atoms with Crippen LogP contribution in [0.5, 0.6) is 0 Å². The summed E-state index contributed by atoms with van der Waals surface area (Å²) in [5.74, 6) is 0.310. The van der Waals surface area contributed by atoms with Crippen molar-refractivity contribution in [2.45, 2.75) is 44.6 Å². The van der Waals surface area contributed by atoms with Crippen LogP contribution in [0.25, 0.3) is 11.0 Å². The number of carboxylic acid groups (broad SMARTS) is 1. The number of aliphatic carboxylic acids is 1. The topological polar surface area (TPSA) is 55.1 Å². The third kappa shape index (κ3) is 2.66. The van der Waals surface area contributed by atoms with Crippen LogP contribution in [0.4, 0.5) is 0 Å². The van der Waals surface area contributed by atoms with E-state index in [0.29, 0.717) is 12.5 Å². The van der Waals surface area contributed by atoms with Gasteiger partial charge in [0.2, 0.25) is 0 Å². The summed E-state index contributed by atoms with van der Waals surface area (Å²) in [5, 5.41) is 9.42. The van der Waals surface area contributed by atoms with Gasteiger partial charge in [0.15, 0.2) is 0 Å². The molecule has 4 nitrogen and oxygen atoms in total. The zero-order valence-corrected chi connectivity index (χ0v) is 11.9. The average Bonchev–Trinajstić information content (AvgIpc) is 3.16. The van der Waals surface area contributed by atoms with E-state index in [1.165, 1.54) is 12.8 Å². The number of rotatable bonds is 6. The van der Waals surface area contributed by atoms with Crippen LogP contribution in [0.1, 0.15) is 44.0 Å². The van der Waals surface area contributed by atoms with Crippen LogP contribution < -0.4 is 0 Å². The third-order valence-electron chi connectivity index (χ3n) is 3.69. The minimum atomic E-state index is -0.733. The Balaban J connectivity index is 1.84. The third-order valence-corrected chi connectivity index (χ3v) is 3.99. The molecule has 2 aromatic rings. The summed E-state index contributed by atoms with van der Waals surface area (Å²) >= 11 is 6.31. The Labute approximate surface area is 122 Å². The summed E-state index contributed by atoms with van der Waals surface area (Å²) in [7, 11) is 0. The van der Waals surface area contributed by atoms with Crippen LogP contribution in [-0.2, 0) is 11.2 Å². The minimum absolute atomic E-state index is 0.227. The van der Waals surface area contributed by atoms with Crippen LogP contribution >= 0.6 is 11.6 Å². The molecule has 106 valence electrons. The fraction of sp³-hybridized carbons (Fsp3) is 0.467. The quantitative estimate of drug-likeness (QED) is 0.823. The van der Waals surface area contributed by atoms with Crippen molar-refractivity contribution >= 4 is 28.6 Å². The van der Waals surface area contributed by atoms with Gasteiger partial charge in [-0.1, -0.05) is 17.7 Å². The van der Waals surface area contributed by atoms with Crippen LogP contribution in [0.15, 0.2) is 18.2 Å². The molecule has 0 amide bonds. The molecule has 0 spiro atoms. The number of carbonyl (C=O) groups is 1. The normalized spacial score (nSPS) is 14.8. The Morgan fingerprint density at radius 2 is 2.20 bits per heavy atom. The Hall–Kier alpha value is -1.55. The predicted molar refractivity (Wildman–Crippen MR) is 78.2 cm³/mol. The number of aromatic nitrogens is 2. The van der Waals surface area contributed by atoms with E-state index in [1.54, 1.807) is 0 Å². The van der Waals surface area contributed by atoms with Crippen molar-refractivity contribution in [2.24, 2.45) is 0 Å². The highest BCUT2D eigenvalue weighted by atomic mass is 35.5. The highest BCUT2D eigenvalue weighted by Crippen LogP contribution is 2.40. The second kappa shape index (κ2) is 5.44. The summed E-state index contributed by atoms with van der Waals surface area (Å²) in [5.41, 5.74) is 1.97. The molecule has 1 heterocycles. The number of para-hydroxylation sites is 1. The van der Waals surface area contributed by atoms with Crippen LogP contribution in [-0.4, -0.2) is 20.6 Å². The van der Waals surface area contributed by atoms with Crippen molar-refractivity contribution in [2.75, 3.05) is 0 Å². The molecule has 20 heavy (non-hydrogen) atoms. The van der Waals surface area contributed by atoms with Gasteiger partial charge in [-0.25, -0.2) is 4.98 Å². The minimum Gasteiger partial charge on any atom is -0.481 e. The Kier molecular flexibility index (Phi) is 3.66. The smallest absolute Gasteiger partial charge is 0.303 e. The van der Waals surface area contributed by atoms with Gasteiger partial charge in [-0.2, -0.15) is 0 Å². The maximum atomic E-state index is 10.5. The number of hydrogen-bond acceptors (Lipinski definition) is 2. The number of aryl methyl sites for hydroxylation is 1. The summed E-state index contributed by atoms with van der Waals surface area (Å²) < 4.78 is 2.26. The number of nitrogens with zero attached hydrogens (tertiary/aromatic N) is 2. The molecule has 1 aliphatic rings. The largest absolute Gasteiger partial charge is 0.481 e. The molecule has 5 heteroatoms. The second-order valence-corrected chi connectivity index (χ2v) is 5.74. The lowest BCUT2D eigenvalue weighted by molar-refractivity contribution is -0.137. The van der Waals surface area contributed by atoms with Gasteiger partial charge in [0.25, 0.3) is 0 Å². The lowest BCUT2D eigenvalue weighted by Gasteiger charge is -2.08. The van der Waals surface area contributed by atoms with Crippen molar-refractivity contribution in [3.8, 4) is 0 Å². The van der Waals surface area contributed by atoms with Gasteiger partial charge >= 0.3 is 5.97 Å². The fourth-order valence-electron chi connectivity index (χ4n) is 2.62. The van der Waals surface area contributed by atoms with Crippen molar-refractivity contribution in [3.05, 3.63) is 29.0 Å². The lowest BCUT2D eigenvalue weighted by atomic mass is 10.2. The van der Waals surface area contributed by atoms with E-state index in [9.17, 15) is 4.79 Å². The first-order valence-electron chi connectivity index (χ1n) is 7.04. The zero-order valence-electron chi connectivity index (χ0n) is 11.2. The average molecular weight is 293 g/mol. The van der Waals surface area contributed by atoms with E-state index in [-0.39, 0.29) is 6.42 Å². The predicted octanol–water partition coefficient (Wildman–Crippen LogP) is 3.82. The van der Waals surface area contributed by atoms with Gasteiger partial charge in [-0.15, -0.1) is 0 Å². The highest BCUT2D eigenvalue weighted by molar-refractivity contribution is 6.35.